The van der Waals surface area contributed by atoms with Crippen molar-refractivity contribution in [2.24, 2.45) is 4.99 Å². The number of para-hydroxylation sites is 1. The van der Waals surface area contributed by atoms with Gasteiger partial charge in [-0.3, -0.25) is 9.55 Å². The lowest BCUT2D eigenvalue weighted by atomic mass is 9.85. The van der Waals surface area contributed by atoms with Crippen molar-refractivity contribution < 1.29 is 9.26 Å². The molecule has 176 valence electrons. The van der Waals surface area contributed by atoms with E-state index >= 15 is 0 Å². The fraction of sp³-hybridized carbons (Fsp3) is 0.259. The molecule has 35 heavy (non-hydrogen) atoms. The van der Waals surface area contributed by atoms with E-state index < -0.39 is 0 Å². The van der Waals surface area contributed by atoms with Crippen molar-refractivity contribution in [3.8, 4) is 28.8 Å². The number of H-pyrrole nitrogens is 1. The molecule has 3 heterocycles. The summed E-state index contributed by atoms with van der Waals surface area (Å²) >= 11 is 0. The zero-order valence-corrected chi connectivity index (χ0v) is 20.6. The van der Waals surface area contributed by atoms with Crippen LogP contribution in [0.4, 0.5) is 0 Å². The molecule has 8 heteroatoms. The summed E-state index contributed by atoms with van der Waals surface area (Å²) in [6, 6.07) is 12.1. The number of imidazole rings is 1. The summed E-state index contributed by atoms with van der Waals surface area (Å²) in [7, 11) is 1.65. The van der Waals surface area contributed by atoms with E-state index in [0.717, 1.165) is 50.0 Å². The Balaban J connectivity index is 1.93. The first-order valence-corrected chi connectivity index (χ1v) is 11.3. The number of pyridine rings is 1. The van der Waals surface area contributed by atoms with E-state index in [0.29, 0.717) is 17.1 Å². The smallest absolute Gasteiger partial charge is 0.223 e. The van der Waals surface area contributed by atoms with Gasteiger partial charge in [0.15, 0.2) is 0 Å². The fourth-order valence-electron chi connectivity index (χ4n) is 4.71. The van der Waals surface area contributed by atoms with Crippen LogP contribution < -0.4 is 10.4 Å². The minimum Gasteiger partial charge on any atom is -0.496 e. The Morgan fingerprint density at radius 1 is 1.17 bits per heavy atom. The number of aryl methyl sites for hydroxylation is 2. The van der Waals surface area contributed by atoms with Gasteiger partial charge in [0.1, 0.15) is 11.5 Å². The number of nitrogens with one attached hydrogen (secondary N) is 1. The standard InChI is InChI=1S/C27H26N6O2/c1-15-24(16(2)35-32-15)18-11-20-17(12-23(18)34-6)25-21(13-29-20)31-26(30-14-28)33(25)22-10-8-7-9-19(22)27(3,4)5/h7-13H,1-6H3,(H,30,31). The lowest BCUT2D eigenvalue weighted by Gasteiger charge is -2.23. The summed E-state index contributed by atoms with van der Waals surface area (Å²) in [6.45, 7) is 10.3. The first-order chi connectivity index (χ1) is 16.7. The summed E-state index contributed by atoms with van der Waals surface area (Å²) in [5.41, 5.74) is 7.33. The van der Waals surface area contributed by atoms with E-state index in [1.54, 1.807) is 13.3 Å². The highest BCUT2D eigenvalue weighted by Gasteiger charge is 2.23. The molecule has 0 radical (unpaired) electrons. The SMILES string of the molecule is COc1cc2c(cc1-c1c(C)noc1C)ncc1[nH]c(=NC#N)n(-c3ccccc3C(C)(C)C)c12. The maximum Gasteiger partial charge on any atom is 0.223 e. The zero-order chi connectivity index (χ0) is 24.9. The Morgan fingerprint density at radius 3 is 2.60 bits per heavy atom. The molecule has 2 aromatic carbocycles. The molecule has 0 bridgehead atoms. The summed E-state index contributed by atoms with van der Waals surface area (Å²) in [6.07, 6.45) is 3.71. The maximum atomic E-state index is 9.43. The van der Waals surface area contributed by atoms with Gasteiger partial charge in [0.2, 0.25) is 11.8 Å². The second kappa shape index (κ2) is 8.13. The highest BCUT2D eigenvalue weighted by atomic mass is 16.5. The lowest BCUT2D eigenvalue weighted by Crippen LogP contribution is -2.22. The van der Waals surface area contributed by atoms with Crippen molar-refractivity contribution >= 4 is 21.9 Å². The van der Waals surface area contributed by atoms with Gasteiger partial charge in [-0.15, -0.1) is 4.99 Å². The third-order valence-electron chi connectivity index (χ3n) is 6.25. The number of nitrogens with zero attached hydrogens (tertiary/aromatic N) is 5. The van der Waals surface area contributed by atoms with Gasteiger partial charge in [-0.05, 0) is 43.0 Å². The second-order valence-corrected chi connectivity index (χ2v) is 9.55. The predicted octanol–water partition coefficient (Wildman–Crippen LogP) is 5.47. The molecule has 0 saturated carbocycles. The maximum absolute atomic E-state index is 9.43. The van der Waals surface area contributed by atoms with Gasteiger partial charge in [-0.25, -0.2) is 0 Å². The number of ether oxygens (including phenoxy) is 1. The van der Waals surface area contributed by atoms with Crippen molar-refractivity contribution in [1.29, 1.82) is 5.26 Å². The van der Waals surface area contributed by atoms with Gasteiger partial charge >= 0.3 is 0 Å². The number of benzene rings is 2. The van der Waals surface area contributed by atoms with Gasteiger partial charge in [0.25, 0.3) is 0 Å². The Labute approximate surface area is 202 Å². The van der Waals surface area contributed by atoms with Crippen LogP contribution in [-0.2, 0) is 5.41 Å². The number of hydrogen-bond donors (Lipinski definition) is 1. The first-order valence-electron chi connectivity index (χ1n) is 11.3. The average Bonchev–Trinajstić information content (AvgIpc) is 3.36. The van der Waals surface area contributed by atoms with Crippen LogP contribution in [0.2, 0.25) is 0 Å². The van der Waals surface area contributed by atoms with Crippen molar-refractivity contribution in [1.82, 2.24) is 19.7 Å². The van der Waals surface area contributed by atoms with E-state index in [-0.39, 0.29) is 5.41 Å². The molecule has 0 atom stereocenters. The summed E-state index contributed by atoms with van der Waals surface area (Å²) in [4.78, 5) is 12.1. The molecule has 8 nitrogen and oxygen atoms in total. The first kappa shape index (κ1) is 22.4. The van der Waals surface area contributed by atoms with Crippen molar-refractivity contribution in [2.75, 3.05) is 7.11 Å². The number of nitriles is 1. The monoisotopic (exact) mass is 466 g/mol. The quantitative estimate of drug-likeness (QED) is 0.355. The molecule has 3 aromatic heterocycles. The van der Waals surface area contributed by atoms with E-state index in [2.05, 4.69) is 42.0 Å². The Kier molecular flexibility index (Phi) is 5.21. The molecule has 0 spiro atoms. The molecule has 1 N–H and O–H groups in total. The number of aromatic nitrogens is 4. The van der Waals surface area contributed by atoms with Crippen molar-refractivity contribution in [3.05, 3.63) is 65.2 Å². The van der Waals surface area contributed by atoms with E-state index in [9.17, 15) is 5.26 Å². The van der Waals surface area contributed by atoms with Crippen LogP contribution in [0.5, 0.6) is 5.75 Å². The lowest BCUT2D eigenvalue weighted by molar-refractivity contribution is 0.393. The minimum absolute atomic E-state index is 0.131. The Bertz CT molecular complexity index is 1690. The molecule has 0 aliphatic rings. The van der Waals surface area contributed by atoms with Gasteiger partial charge in [-0.1, -0.05) is 44.1 Å². The van der Waals surface area contributed by atoms with E-state index in [1.807, 2.05) is 54.9 Å². The molecule has 0 saturated heterocycles. The topological polar surface area (TPSA) is 105 Å². The van der Waals surface area contributed by atoms with Gasteiger partial charge in [0.05, 0.1) is 46.8 Å². The third-order valence-corrected chi connectivity index (χ3v) is 6.25. The molecule has 0 unspecified atom stereocenters. The Morgan fingerprint density at radius 2 is 1.94 bits per heavy atom. The van der Waals surface area contributed by atoms with Crippen LogP contribution in [0.15, 0.2) is 52.1 Å². The van der Waals surface area contributed by atoms with Crippen molar-refractivity contribution in [2.45, 2.75) is 40.0 Å². The number of methoxy groups -OCH3 is 1. The van der Waals surface area contributed by atoms with Crippen LogP contribution in [-0.4, -0.2) is 26.8 Å². The summed E-state index contributed by atoms with van der Waals surface area (Å²) in [5.74, 6) is 1.39. The molecule has 0 fully saturated rings. The molecular formula is C27H26N6O2. The van der Waals surface area contributed by atoms with Gasteiger partial charge in [0, 0.05) is 10.9 Å². The predicted molar refractivity (Wildman–Crippen MR) is 134 cm³/mol. The van der Waals surface area contributed by atoms with Crippen LogP contribution in [0.25, 0.3) is 38.8 Å². The normalized spacial score (nSPS) is 12.4. The number of hydrogen-bond acceptors (Lipinski definition) is 6. The molecule has 0 aliphatic carbocycles. The molecule has 0 amide bonds. The molecule has 0 aliphatic heterocycles. The minimum atomic E-state index is -0.131. The summed E-state index contributed by atoms with van der Waals surface area (Å²) < 4.78 is 13.2. The van der Waals surface area contributed by atoms with Crippen molar-refractivity contribution in [3.63, 3.8) is 0 Å². The van der Waals surface area contributed by atoms with Crippen LogP contribution in [0, 0.1) is 25.3 Å². The summed E-state index contributed by atoms with van der Waals surface area (Å²) in [5, 5.41) is 14.4. The van der Waals surface area contributed by atoms with Crippen LogP contribution in [0.1, 0.15) is 37.8 Å². The highest BCUT2D eigenvalue weighted by molar-refractivity contribution is 6.05. The van der Waals surface area contributed by atoms with Crippen LogP contribution in [0.3, 0.4) is 0 Å². The van der Waals surface area contributed by atoms with Gasteiger partial charge in [-0.2, -0.15) is 5.26 Å². The van der Waals surface area contributed by atoms with Crippen LogP contribution >= 0.6 is 0 Å². The van der Waals surface area contributed by atoms with Gasteiger partial charge < -0.3 is 14.2 Å². The highest BCUT2D eigenvalue weighted by Crippen LogP contribution is 2.39. The van der Waals surface area contributed by atoms with E-state index in [4.69, 9.17) is 14.2 Å². The number of fused-ring (bicyclic) bond motifs is 3. The fourth-order valence-corrected chi connectivity index (χ4v) is 4.71. The Hall–Kier alpha value is -4.38. The zero-order valence-electron chi connectivity index (χ0n) is 20.6. The largest absolute Gasteiger partial charge is 0.496 e. The third kappa shape index (κ3) is 3.56. The molecule has 5 rings (SSSR count). The molecule has 5 aromatic rings. The molecular weight excluding hydrogens is 440 g/mol. The second-order valence-electron chi connectivity index (χ2n) is 9.55. The average molecular weight is 467 g/mol. The number of rotatable bonds is 3. The van der Waals surface area contributed by atoms with E-state index in [1.165, 1.54) is 0 Å². The number of aromatic amines is 1.